The molecule has 2 rings (SSSR count). The van der Waals surface area contributed by atoms with Crippen molar-refractivity contribution in [1.29, 1.82) is 0 Å². The molecule has 112 valence electrons. The maximum absolute atomic E-state index is 5.01. The summed E-state index contributed by atoms with van der Waals surface area (Å²) < 4.78 is 5.01. The molecule has 0 unspecified atom stereocenters. The molecule has 0 amide bonds. The van der Waals surface area contributed by atoms with Gasteiger partial charge in [-0.3, -0.25) is 0 Å². The highest BCUT2D eigenvalue weighted by Crippen LogP contribution is 2.23. The van der Waals surface area contributed by atoms with Gasteiger partial charge in [0, 0.05) is 25.9 Å². The van der Waals surface area contributed by atoms with Crippen LogP contribution in [0.25, 0.3) is 0 Å². The van der Waals surface area contributed by atoms with E-state index in [2.05, 4.69) is 23.6 Å². The molecule has 1 aliphatic rings. The van der Waals surface area contributed by atoms with Gasteiger partial charge in [-0.05, 0) is 56.7 Å². The summed E-state index contributed by atoms with van der Waals surface area (Å²) >= 11 is 0. The van der Waals surface area contributed by atoms with Crippen molar-refractivity contribution in [1.82, 2.24) is 10.3 Å². The Morgan fingerprint density at radius 2 is 2.25 bits per heavy atom. The van der Waals surface area contributed by atoms with E-state index in [-0.39, 0.29) is 0 Å². The van der Waals surface area contributed by atoms with E-state index in [1.165, 1.54) is 42.5 Å². The zero-order valence-electron chi connectivity index (χ0n) is 12.8. The highest BCUT2D eigenvalue weighted by Gasteiger charge is 2.12. The Labute approximate surface area is 122 Å². The number of hydrogen-bond acceptors (Lipinski definition) is 4. The fourth-order valence-electron chi connectivity index (χ4n) is 2.63. The summed E-state index contributed by atoms with van der Waals surface area (Å²) in [5.41, 5.74) is 3.99. The van der Waals surface area contributed by atoms with E-state index in [1.807, 2.05) is 0 Å². The minimum Gasteiger partial charge on any atom is -0.383 e. The van der Waals surface area contributed by atoms with E-state index in [9.17, 15) is 0 Å². The first-order chi connectivity index (χ1) is 9.81. The van der Waals surface area contributed by atoms with Gasteiger partial charge in [0.05, 0.1) is 6.61 Å². The number of methoxy groups -OCH3 is 1. The average molecular weight is 277 g/mol. The van der Waals surface area contributed by atoms with E-state index in [0.717, 1.165) is 38.5 Å². The number of ether oxygens (including phenoxy) is 1. The lowest BCUT2D eigenvalue weighted by molar-refractivity contribution is 0.199. The molecular weight excluding hydrogens is 250 g/mol. The van der Waals surface area contributed by atoms with Gasteiger partial charge in [0.25, 0.3) is 0 Å². The van der Waals surface area contributed by atoms with Crippen LogP contribution in [0.4, 0.5) is 5.82 Å². The number of nitrogens with zero attached hydrogens (tertiary/aromatic N) is 1. The number of rotatable bonds is 8. The fraction of sp³-hybridized carbons (Fsp3) is 0.688. The van der Waals surface area contributed by atoms with E-state index in [1.54, 1.807) is 7.11 Å². The lowest BCUT2D eigenvalue weighted by Gasteiger charge is -2.19. The molecule has 0 radical (unpaired) electrons. The van der Waals surface area contributed by atoms with Gasteiger partial charge in [0.1, 0.15) is 5.82 Å². The molecule has 2 N–H and O–H groups in total. The summed E-state index contributed by atoms with van der Waals surface area (Å²) in [5, 5.41) is 6.80. The number of hydrogen-bond donors (Lipinski definition) is 2. The van der Waals surface area contributed by atoms with Crippen LogP contribution in [0.5, 0.6) is 0 Å². The van der Waals surface area contributed by atoms with E-state index in [0.29, 0.717) is 0 Å². The first kappa shape index (κ1) is 15.3. The molecule has 0 bridgehead atoms. The number of aromatic nitrogens is 1. The molecule has 0 saturated carbocycles. The van der Waals surface area contributed by atoms with Gasteiger partial charge in [-0.25, -0.2) is 4.98 Å². The van der Waals surface area contributed by atoms with Crippen LogP contribution in [0, 0.1) is 6.92 Å². The predicted octanol–water partition coefficient (Wildman–Crippen LogP) is 2.31. The molecule has 4 heteroatoms. The highest BCUT2D eigenvalue weighted by molar-refractivity contribution is 5.49. The van der Waals surface area contributed by atoms with Crippen molar-refractivity contribution in [2.24, 2.45) is 0 Å². The molecule has 0 aromatic carbocycles. The Balaban J connectivity index is 1.75. The maximum atomic E-state index is 5.01. The van der Waals surface area contributed by atoms with Crippen LogP contribution >= 0.6 is 0 Å². The lowest BCUT2D eigenvalue weighted by Crippen LogP contribution is -2.20. The molecule has 0 spiro atoms. The highest BCUT2D eigenvalue weighted by atomic mass is 16.5. The summed E-state index contributed by atoms with van der Waals surface area (Å²) in [7, 11) is 1.74. The maximum Gasteiger partial charge on any atom is 0.129 e. The van der Waals surface area contributed by atoms with Crippen LogP contribution < -0.4 is 10.6 Å². The van der Waals surface area contributed by atoms with Crippen molar-refractivity contribution < 1.29 is 4.74 Å². The van der Waals surface area contributed by atoms with Gasteiger partial charge in [0.2, 0.25) is 0 Å². The Morgan fingerprint density at radius 3 is 3.10 bits per heavy atom. The summed E-state index contributed by atoms with van der Waals surface area (Å²) in [5.74, 6) is 1.12. The minimum absolute atomic E-state index is 0.789. The topological polar surface area (TPSA) is 46.2 Å². The molecule has 1 aromatic heterocycles. The van der Waals surface area contributed by atoms with Crippen molar-refractivity contribution in [3.05, 3.63) is 22.9 Å². The molecule has 0 atom stereocenters. The second kappa shape index (κ2) is 8.22. The Morgan fingerprint density at radius 1 is 1.35 bits per heavy atom. The van der Waals surface area contributed by atoms with Gasteiger partial charge in [-0.15, -0.1) is 0 Å². The molecule has 0 aliphatic carbocycles. The van der Waals surface area contributed by atoms with E-state index >= 15 is 0 Å². The summed E-state index contributed by atoms with van der Waals surface area (Å²) in [4.78, 5) is 4.81. The van der Waals surface area contributed by atoms with Crippen molar-refractivity contribution in [2.75, 3.05) is 38.7 Å². The SMILES string of the molecule is COCCNCCCCc1nc2c(cc1C)CCCN2. The Bertz CT molecular complexity index is 420. The third kappa shape index (κ3) is 4.46. The van der Waals surface area contributed by atoms with Crippen molar-refractivity contribution in [3.63, 3.8) is 0 Å². The predicted molar refractivity (Wildman–Crippen MR) is 83.5 cm³/mol. The standard InChI is InChI=1S/C16H27N3O/c1-13-12-14-6-5-9-18-16(14)19-15(13)7-3-4-8-17-10-11-20-2/h12,17H,3-11H2,1-2H3,(H,18,19). The van der Waals surface area contributed by atoms with Crippen molar-refractivity contribution >= 4 is 5.82 Å². The molecule has 20 heavy (non-hydrogen) atoms. The summed E-state index contributed by atoms with van der Waals surface area (Å²) in [6.45, 7) is 6.04. The molecular formula is C16H27N3O. The minimum atomic E-state index is 0.789. The second-order valence-electron chi connectivity index (χ2n) is 5.49. The molecule has 1 aliphatic heterocycles. The van der Waals surface area contributed by atoms with Crippen LogP contribution in [0.2, 0.25) is 0 Å². The number of unbranched alkanes of at least 4 members (excludes halogenated alkanes) is 1. The van der Waals surface area contributed by atoms with Crippen LogP contribution in [-0.4, -0.2) is 38.3 Å². The third-order valence-electron chi connectivity index (χ3n) is 3.81. The summed E-state index contributed by atoms with van der Waals surface area (Å²) in [6.07, 6.45) is 5.84. The fourth-order valence-corrected chi connectivity index (χ4v) is 2.63. The van der Waals surface area contributed by atoms with Crippen LogP contribution in [-0.2, 0) is 17.6 Å². The molecule has 0 saturated heterocycles. The quantitative estimate of drug-likeness (QED) is 0.716. The summed E-state index contributed by atoms with van der Waals surface area (Å²) in [6, 6.07) is 2.32. The van der Waals surface area contributed by atoms with Gasteiger partial charge >= 0.3 is 0 Å². The number of nitrogens with one attached hydrogen (secondary N) is 2. The number of fused-ring (bicyclic) bond motifs is 1. The third-order valence-corrected chi connectivity index (χ3v) is 3.81. The van der Waals surface area contributed by atoms with Crippen molar-refractivity contribution in [3.8, 4) is 0 Å². The Kier molecular flexibility index (Phi) is 6.27. The normalized spacial score (nSPS) is 13.9. The number of anilines is 1. The number of aryl methyl sites for hydroxylation is 3. The van der Waals surface area contributed by atoms with Gasteiger partial charge in [-0.1, -0.05) is 6.07 Å². The number of pyridine rings is 1. The van der Waals surface area contributed by atoms with E-state index in [4.69, 9.17) is 9.72 Å². The van der Waals surface area contributed by atoms with Crippen molar-refractivity contribution in [2.45, 2.75) is 39.0 Å². The van der Waals surface area contributed by atoms with Gasteiger partial charge in [-0.2, -0.15) is 0 Å². The first-order valence-corrected chi connectivity index (χ1v) is 7.74. The van der Waals surface area contributed by atoms with E-state index < -0.39 is 0 Å². The second-order valence-corrected chi connectivity index (χ2v) is 5.49. The largest absolute Gasteiger partial charge is 0.383 e. The van der Waals surface area contributed by atoms with Crippen LogP contribution in [0.3, 0.4) is 0 Å². The van der Waals surface area contributed by atoms with Crippen LogP contribution in [0.1, 0.15) is 36.1 Å². The zero-order valence-corrected chi connectivity index (χ0v) is 12.8. The van der Waals surface area contributed by atoms with Crippen LogP contribution in [0.15, 0.2) is 6.07 Å². The molecule has 4 nitrogen and oxygen atoms in total. The monoisotopic (exact) mass is 277 g/mol. The average Bonchev–Trinajstić information content (AvgIpc) is 2.46. The molecule has 0 fully saturated rings. The smallest absolute Gasteiger partial charge is 0.129 e. The first-order valence-electron chi connectivity index (χ1n) is 7.74. The van der Waals surface area contributed by atoms with Gasteiger partial charge in [0.15, 0.2) is 0 Å². The van der Waals surface area contributed by atoms with Gasteiger partial charge < -0.3 is 15.4 Å². The zero-order chi connectivity index (χ0) is 14.2. The molecule has 1 aromatic rings. The Hall–Kier alpha value is -1.13. The lowest BCUT2D eigenvalue weighted by atomic mass is 10.0. The molecule has 2 heterocycles.